The SMILES string of the molecule is O=C1CC(COCc2ccccc2)=Nc2c1ccnc2CNC[C@H]1CCNC1. The first-order chi connectivity index (χ1) is 13.8. The summed E-state index contributed by atoms with van der Waals surface area (Å²) < 4.78 is 5.79. The molecule has 0 radical (unpaired) electrons. The molecule has 28 heavy (non-hydrogen) atoms. The summed E-state index contributed by atoms with van der Waals surface area (Å²) in [6.45, 7) is 4.59. The van der Waals surface area contributed by atoms with Crippen LogP contribution in [0.2, 0.25) is 0 Å². The Morgan fingerprint density at radius 3 is 2.89 bits per heavy atom. The molecule has 0 saturated carbocycles. The van der Waals surface area contributed by atoms with Gasteiger partial charge in [0.1, 0.15) is 0 Å². The first-order valence-corrected chi connectivity index (χ1v) is 9.90. The van der Waals surface area contributed by atoms with Crippen molar-refractivity contribution in [3.63, 3.8) is 0 Å². The number of Topliss-reactive ketones (excluding diaryl/α,β-unsaturated/α-hetero) is 1. The molecule has 0 unspecified atom stereocenters. The van der Waals surface area contributed by atoms with E-state index in [0.717, 1.165) is 36.6 Å². The third-order valence-electron chi connectivity index (χ3n) is 5.20. The van der Waals surface area contributed by atoms with Gasteiger partial charge in [-0.2, -0.15) is 0 Å². The molecule has 0 bridgehead atoms. The van der Waals surface area contributed by atoms with Crippen LogP contribution in [0.3, 0.4) is 0 Å². The molecule has 1 aromatic carbocycles. The summed E-state index contributed by atoms with van der Waals surface area (Å²) in [5, 5.41) is 6.85. The van der Waals surface area contributed by atoms with Gasteiger partial charge in [0.15, 0.2) is 5.78 Å². The summed E-state index contributed by atoms with van der Waals surface area (Å²) in [5.74, 6) is 0.749. The highest BCUT2D eigenvalue weighted by atomic mass is 16.5. The molecule has 1 saturated heterocycles. The lowest BCUT2D eigenvalue weighted by molar-refractivity contribution is 0.0993. The number of fused-ring (bicyclic) bond motifs is 1. The van der Waals surface area contributed by atoms with Crippen molar-refractivity contribution >= 4 is 17.2 Å². The Balaban J connectivity index is 1.40. The third-order valence-corrected chi connectivity index (χ3v) is 5.20. The number of rotatable bonds is 8. The van der Waals surface area contributed by atoms with Crippen LogP contribution < -0.4 is 10.6 Å². The van der Waals surface area contributed by atoms with E-state index in [-0.39, 0.29) is 5.78 Å². The van der Waals surface area contributed by atoms with Crippen LogP contribution in [0.15, 0.2) is 47.6 Å². The Labute approximate surface area is 165 Å². The number of ketones is 1. The number of nitrogens with one attached hydrogen (secondary N) is 2. The van der Waals surface area contributed by atoms with Gasteiger partial charge in [-0.25, -0.2) is 0 Å². The van der Waals surface area contributed by atoms with E-state index >= 15 is 0 Å². The van der Waals surface area contributed by atoms with Crippen LogP contribution >= 0.6 is 0 Å². The Kier molecular flexibility index (Phi) is 6.21. The highest BCUT2D eigenvalue weighted by Crippen LogP contribution is 2.28. The first kappa shape index (κ1) is 18.9. The summed E-state index contributed by atoms with van der Waals surface area (Å²) in [5.41, 5.74) is 4.08. The molecule has 0 amide bonds. The van der Waals surface area contributed by atoms with Gasteiger partial charge in [0.2, 0.25) is 0 Å². The maximum Gasteiger partial charge on any atom is 0.170 e. The fourth-order valence-corrected chi connectivity index (χ4v) is 3.68. The Hall–Kier alpha value is -2.41. The van der Waals surface area contributed by atoms with E-state index < -0.39 is 0 Å². The minimum Gasteiger partial charge on any atom is -0.371 e. The van der Waals surface area contributed by atoms with Crippen molar-refractivity contribution in [1.82, 2.24) is 15.6 Å². The van der Waals surface area contributed by atoms with Crippen LogP contribution in [0, 0.1) is 5.92 Å². The van der Waals surface area contributed by atoms with Gasteiger partial charge in [-0.1, -0.05) is 30.3 Å². The second-order valence-electron chi connectivity index (χ2n) is 7.40. The lowest BCUT2D eigenvalue weighted by Gasteiger charge is -2.18. The van der Waals surface area contributed by atoms with Crippen LogP contribution in [-0.2, 0) is 17.9 Å². The summed E-state index contributed by atoms with van der Waals surface area (Å²) in [6.07, 6.45) is 3.22. The molecule has 6 heteroatoms. The molecule has 2 aromatic rings. The second kappa shape index (κ2) is 9.19. The molecule has 1 fully saturated rings. The summed E-state index contributed by atoms with van der Waals surface area (Å²) in [4.78, 5) is 21.8. The molecular formula is C22H26N4O2. The Morgan fingerprint density at radius 2 is 2.07 bits per heavy atom. The molecule has 1 aromatic heterocycles. The Bertz CT molecular complexity index is 845. The van der Waals surface area contributed by atoms with Gasteiger partial charge < -0.3 is 15.4 Å². The topological polar surface area (TPSA) is 75.6 Å². The molecular weight excluding hydrogens is 352 g/mol. The number of nitrogens with zero attached hydrogens (tertiary/aromatic N) is 2. The summed E-state index contributed by atoms with van der Waals surface area (Å²) >= 11 is 0. The maximum absolute atomic E-state index is 12.6. The van der Waals surface area contributed by atoms with Gasteiger partial charge in [-0.05, 0) is 43.6 Å². The zero-order chi connectivity index (χ0) is 19.2. The van der Waals surface area contributed by atoms with Crippen LogP contribution in [0.5, 0.6) is 0 Å². The number of hydrogen-bond acceptors (Lipinski definition) is 6. The standard InChI is InChI=1S/C22H26N4O2/c27-21-10-18(15-28-14-16-4-2-1-3-5-16)26-22-19(21)7-9-25-20(22)13-24-12-17-6-8-23-11-17/h1-5,7,9,17,23-24H,6,8,10-15H2/t17-/m0/s1. The third kappa shape index (κ3) is 4.70. The fourth-order valence-electron chi connectivity index (χ4n) is 3.68. The summed E-state index contributed by atoms with van der Waals surface area (Å²) in [6, 6.07) is 11.8. The highest BCUT2D eigenvalue weighted by molar-refractivity contribution is 6.16. The zero-order valence-corrected chi connectivity index (χ0v) is 16.0. The molecule has 146 valence electrons. The van der Waals surface area contributed by atoms with Crippen LogP contribution in [0.1, 0.15) is 34.5 Å². The van der Waals surface area contributed by atoms with Gasteiger partial charge in [0.05, 0.1) is 36.7 Å². The molecule has 2 aliphatic heterocycles. The smallest absolute Gasteiger partial charge is 0.170 e. The molecule has 3 heterocycles. The molecule has 1 atom stereocenters. The maximum atomic E-state index is 12.6. The van der Waals surface area contributed by atoms with Crippen LogP contribution in [0.25, 0.3) is 0 Å². The number of benzene rings is 1. The fraction of sp³-hybridized carbons (Fsp3) is 0.409. The molecule has 0 spiro atoms. The van der Waals surface area contributed by atoms with E-state index in [9.17, 15) is 4.79 Å². The lowest BCUT2D eigenvalue weighted by atomic mass is 10.00. The second-order valence-corrected chi connectivity index (χ2v) is 7.40. The number of aromatic nitrogens is 1. The van der Waals surface area contributed by atoms with E-state index in [1.807, 2.05) is 30.3 Å². The predicted molar refractivity (Wildman–Crippen MR) is 109 cm³/mol. The van der Waals surface area contributed by atoms with Gasteiger partial charge in [0.25, 0.3) is 0 Å². The van der Waals surface area contributed by atoms with Gasteiger partial charge >= 0.3 is 0 Å². The van der Waals surface area contributed by atoms with E-state index in [4.69, 9.17) is 9.73 Å². The quantitative estimate of drug-likeness (QED) is 0.739. The zero-order valence-electron chi connectivity index (χ0n) is 16.0. The summed E-state index contributed by atoms with van der Waals surface area (Å²) in [7, 11) is 0. The minimum absolute atomic E-state index is 0.0898. The van der Waals surface area contributed by atoms with Gasteiger partial charge in [0, 0.05) is 18.3 Å². The molecule has 4 rings (SSSR count). The Morgan fingerprint density at radius 1 is 1.18 bits per heavy atom. The molecule has 0 aliphatic carbocycles. The van der Waals surface area contributed by atoms with Gasteiger partial charge in [-0.15, -0.1) is 0 Å². The van der Waals surface area contributed by atoms with E-state index in [1.165, 1.54) is 6.42 Å². The van der Waals surface area contributed by atoms with Gasteiger partial charge in [-0.3, -0.25) is 14.8 Å². The number of hydrogen-bond donors (Lipinski definition) is 2. The van der Waals surface area contributed by atoms with Crippen molar-refractivity contribution in [3.05, 3.63) is 59.4 Å². The highest BCUT2D eigenvalue weighted by Gasteiger charge is 2.23. The average Bonchev–Trinajstić information content (AvgIpc) is 3.23. The van der Waals surface area contributed by atoms with E-state index in [1.54, 1.807) is 12.3 Å². The monoisotopic (exact) mass is 378 g/mol. The van der Waals surface area contributed by atoms with Crippen LogP contribution in [-0.4, -0.2) is 42.7 Å². The average molecular weight is 378 g/mol. The van der Waals surface area contributed by atoms with Crippen molar-refractivity contribution in [2.45, 2.75) is 26.0 Å². The lowest BCUT2D eigenvalue weighted by Crippen LogP contribution is -2.25. The van der Waals surface area contributed by atoms with E-state index in [0.29, 0.717) is 43.3 Å². The number of aliphatic imine (C=N–C) groups is 1. The van der Waals surface area contributed by atoms with Crippen molar-refractivity contribution in [2.24, 2.45) is 10.9 Å². The van der Waals surface area contributed by atoms with E-state index in [2.05, 4.69) is 15.6 Å². The molecule has 6 nitrogen and oxygen atoms in total. The van der Waals surface area contributed by atoms with Crippen LogP contribution in [0.4, 0.5) is 5.69 Å². The number of pyridine rings is 1. The predicted octanol–water partition coefficient (Wildman–Crippen LogP) is 2.66. The van der Waals surface area contributed by atoms with Crippen molar-refractivity contribution in [3.8, 4) is 0 Å². The van der Waals surface area contributed by atoms with Crippen molar-refractivity contribution in [2.75, 3.05) is 26.2 Å². The number of carbonyl (C=O) groups is 1. The minimum atomic E-state index is 0.0898. The molecule has 2 aliphatic rings. The largest absolute Gasteiger partial charge is 0.371 e. The normalized spacial score (nSPS) is 18.8. The molecule has 2 N–H and O–H groups in total. The van der Waals surface area contributed by atoms with Crippen molar-refractivity contribution < 1.29 is 9.53 Å². The van der Waals surface area contributed by atoms with Crippen molar-refractivity contribution in [1.29, 1.82) is 0 Å². The first-order valence-electron chi connectivity index (χ1n) is 9.90. The number of carbonyl (C=O) groups excluding carboxylic acids is 1. The number of ether oxygens (including phenoxy) is 1.